The fraction of sp³-hybridized carbons (Fsp3) is 0.250. The fourth-order valence-electron chi connectivity index (χ4n) is 1.76. The van der Waals surface area contributed by atoms with Gasteiger partial charge in [0.15, 0.2) is 11.5 Å². The van der Waals surface area contributed by atoms with E-state index < -0.39 is 0 Å². The third-order valence-corrected chi connectivity index (χ3v) is 2.50. The molecule has 1 heterocycles. The standard InChI is InChI=1S/C12H13NO3/c1-2-11(15)13-9-6-8-4-3-5-10(14)12(8)16-7-9/h2-5,9,14H,1,6-7H2,(H,13,15). The van der Waals surface area contributed by atoms with Gasteiger partial charge in [-0.3, -0.25) is 4.79 Å². The van der Waals surface area contributed by atoms with E-state index in [1.165, 1.54) is 6.08 Å². The van der Waals surface area contributed by atoms with Crippen LogP contribution >= 0.6 is 0 Å². The number of amides is 1. The van der Waals surface area contributed by atoms with Crippen LogP contribution in [-0.4, -0.2) is 23.7 Å². The molecule has 1 amide bonds. The van der Waals surface area contributed by atoms with Gasteiger partial charge >= 0.3 is 0 Å². The van der Waals surface area contributed by atoms with Crippen molar-refractivity contribution < 1.29 is 14.6 Å². The second kappa shape index (κ2) is 4.26. The molecule has 84 valence electrons. The van der Waals surface area contributed by atoms with Crippen molar-refractivity contribution in [3.63, 3.8) is 0 Å². The third kappa shape index (κ3) is 2.00. The average Bonchev–Trinajstić information content (AvgIpc) is 2.29. The van der Waals surface area contributed by atoms with Crippen LogP contribution in [0, 0.1) is 0 Å². The lowest BCUT2D eigenvalue weighted by atomic mass is 10.0. The molecule has 2 N–H and O–H groups in total. The highest BCUT2D eigenvalue weighted by atomic mass is 16.5. The quantitative estimate of drug-likeness (QED) is 0.729. The van der Waals surface area contributed by atoms with Gasteiger partial charge in [0.2, 0.25) is 5.91 Å². The van der Waals surface area contributed by atoms with Gasteiger partial charge in [0.1, 0.15) is 6.61 Å². The first-order valence-electron chi connectivity index (χ1n) is 5.07. The number of phenolic OH excluding ortho intramolecular Hbond substituents is 1. The Labute approximate surface area is 93.5 Å². The number of fused-ring (bicyclic) bond motifs is 1. The summed E-state index contributed by atoms with van der Waals surface area (Å²) in [5, 5.41) is 12.3. The number of carbonyl (C=O) groups is 1. The Bertz CT molecular complexity index is 428. The molecule has 0 saturated heterocycles. The number of hydrogen-bond donors (Lipinski definition) is 2. The second-order valence-electron chi connectivity index (χ2n) is 3.69. The van der Waals surface area contributed by atoms with Crippen LogP contribution in [0.3, 0.4) is 0 Å². The summed E-state index contributed by atoms with van der Waals surface area (Å²) in [5.74, 6) is 0.454. The zero-order valence-electron chi connectivity index (χ0n) is 8.77. The van der Waals surface area contributed by atoms with Gasteiger partial charge in [-0.15, -0.1) is 0 Å². The molecule has 4 nitrogen and oxygen atoms in total. The maximum atomic E-state index is 11.1. The highest BCUT2D eigenvalue weighted by Crippen LogP contribution is 2.33. The number of para-hydroxylation sites is 1. The molecule has 0 aromatic heterocycles. The van der Waals surface area contributed by atoms with Gasteiger partial charge in [-0.25, -0.2) is 0 Å². The molecule has 0 aliphatic carbocycles. The van der Waals surface area contributed by atoms with E-state index in [1.807, 2.05) is 6.07 Å². The molecule has 0 spiro atoms. The van der Waals surface area contributed by atoms with Crippen LogP contribution in [-0.2, 0) is 11.2 Å². The molecule has 1 atom stereocenters. The Kier molecular flexibility index (Phi) is 2.81. The first kappa shape index (κ1) is 10.5. The smallest absolute Gasteiger partial charge is 0.243 e. The highest BCUT2D eigenvalue weighted by Gasteiger charge is 2.22. The Balaban J connectivity index is 2.12. The van der Waals surface area contributed by atoms with Crippen LogP contribution in [0.25, 0.3) is 0 Å². The summed E-state index contributed by atoms with van der Waals surface area (Å²) >= 11 is 0. The molecule has 0 fully saturated rings. The average molecular weight is 219 g/mol. The lowest BCUT2D eigenvalue weighted by Crippen LogP contribution is -2.41. The maximum absolute atomic E-state index is 11.1. The number of ether oxygens (including phenoxy) is 1. The van der Waals surface area contributed by atoms with E-state index in [0.29, 0.717) is 18.8 Å². The van der Waals surface area contributed by atoms with Crippen LogP contribution in [0.15, 0.2) is 30.9 Å². The monoisotopic (exact) mass is 219 g/mol. The Hall–Kier alpha value is -1.97. The number of benzene rings is 1. The Morgan fingerprint density at radius 2 is 2.44 bits per heavy atom. The summed E-state index contributed by atoms with van der Waals surface area (Å²) < 4.78 is 5.41. The van der Waals surface area contributed by atoms with Crippen LogP contribution in [0.4, 0.5) is 0 Å². The first-order chi connectivity index (χ1) is 7.70. The van der Waals surface area contributed by atoms with E-state index in [0.717, 1.165) is 5.56 Å². The van der Waals surface area contributed by atoms with Crippen LogP contribution < -0.4 is 10.1 Å². The van der Waals surface area contributed by atoms with E-state index in [-0.39, 0.29) is 17.7 Å². The van der Waals surface area contributed by atoms with Gasteiger partial charge in [-0.2, -0.15) is 0 Å². The van der Waals surface area contributed by atoms with E-state index in [1.54, 1.807) is 12.1 Å². The van der Waals surface area contributed by atoms with E-state index >= 15 is 0 Å². The normalized spacial score (nSPS) is 18.1. The van der Waals surface area contributed by atoms with Crippen molar-refractivity contribution in [3.8, 4) is 11.5 Å². The van der Waals surface area contributed by atoms with E-state index in [2.05, 4.69) is 11.9 Å². The van der Waals surface area contributed by atoms with Crippen LogP contribution in [0.2, 0.25) is 0 Å². The number of phenols is 1. The minimum Gasteiger partial charge on any atom is -0.504 e. The molecular formula is C12H13NO3. The SMILES string of the molecule is C=CC(=O)NC1COc2c(O)cccc2C1. The molecule has 0 bridgehead atoms. The minimum absolute atomic E-state index is 0.0696. The molecule has 2 rings (SSSR count). The maximum Gasteiger partial charge on any atom is 0.243 e. The van der Waals surface area contributed by atoms with Gasteiger partial charge in [0.25, 0.3) is 0 Å². The Morgan fingerprint density at radius 3 is 3.19 bits per heavy atom. The number of carbonyl (C=O) groups excluding carboxylic acids is 1. The van der Waals surface area contributed by atoms with E-state index in [9.17, 15) is 9.90 Å². The molecule has 4 heteroatoms. The lowest BCUT2D eigenvalue weighted by Gasteiger charge is -2.26. The summed E-state index contributed by atoms with van der Waals surface area (Å²) in [4.78, 5) is 11.1. The van der Waals surface area contributed by atoms with Crippen molar-refractivity contribution in [1.82, 2.24) is 5.32 Å². The molecule has 0 saturated carbocycles. The number of nitrogens with one attached hydrogen (secondary N) is 1. The van der Waals surface area contributed by atoms with Crippen molar-refractivity contribution in [2.75, 3.05) is 6.61 Å². The summed E-state index contributed by atoms with van der Waals surface area (Å²) in [6.07, 6.45) is 1.89. The molecule has 1 aliphatic rings. The van der Waals surface area contributed by atoms with Crippen molar-refractivity contribution in [1.29, 1.82) is 0 Å². The number of rotatable bonds is 2. The molecule has 16 heavy (non-hydrogen) atoms. The second-order valence-corrected chi connectivity index (χ2v) is 3.69. The predicted molar refractivity (Wildman–Crippen MR) is 59.4 cm³/mol. The summed E-state index contributed by atoms with van der Waals surface area (Å²) in [6, 6.07) is 5.15. The molecule has 1 aliphatic heterocycles. The van der Waals surface area contributed by atoms with E-state index in [4.69, 9.17) is 4.74 Å². The topological polar surface area (TPSA) is 58.6 Å². The number of aromatic hydroxyl groups is 1. The van der Waals surface area contributed by atoms with Crippen molar-refractivity contribution >= 4 is 5.91 Å². The van der Waals surface area contributed by atoms with Gasteiger partial charge in [-0.05, 0) is 18.6 Å². The summed E-state index contributed by atoms with van der Waals surface area (Å²) in [5.41, 5.74) is 0.903. The van der Waals surface area contributed by atoms with Crippen LogP contribution in [0.5, 0.6) is 11.5 Å². The number of hydrogen-bond acceptors (Lipinski definition) is 3. The zero-order chi connectivity index (χ0) is 11.5. The van der Waals surface area contributed by atoms with Crippen molar-refractivity contribution in [2.45, 2.75) is 12.5 Å². The molecule has 1 aromatic rings. The highest BCUT2D eigenvalue weighted by molar-refractivity contribution is 5.87. The zero-order valence-corrected chi connectivity index (χ0v) is 8.77. The molecule has 1 unspecified atom stereocenters. The largest absolute Gasteiger partial charge is 0.504 e. The van der Waals surface area contributed by atoms with Gasteiger partial charge in [-0.1, -0.05) is 18.7 Å². The fourth-order valence-corrected chi connectivity index (χ4v) is 1.76. The lowest BCUT2D eigenvalue weighted by molar-refractivity contribution is -0.117. The van der Waals surface area contributed by atoms with Crippen LogP contribution in [0.1, 0.15) is 5.56 Å². The molecule has 0 radical (unpaired) electrons. The van der Waals surface area contributed by atoms with Crippen molar-refractivity contribution in [3.05, 3.63) is 36.4 Å². The molecular weight excluding hydrogens is 206 g/mol. The third-order valence-electron chi connectivity index (χ3n) is 2.50. The van der Waals surface area contributed by atoms with Gasteiger partial charge < -0.3 is 15.2 Å². The molecule has 1 aromatic carbocycles. The summed E-state index contributed by atoms with van der Waals surface area (Å²) in [6.45, 7) is 3.76. The van der Waals surface area contributed by atoms with Crippen molar-refractivity contribution in [2.24, 2.45) is 0 Å². The predicted octanol–water partition coefficient (Wildman–Crippen LogP) is 0.998. The van der Waals surface area contributed by atoms with Gasteiger partial charge in [0.05, 0.1) is 6.04 Å². The summed E-state index contributed by atoms with van der Waals surface area (Å²) in [7, 11) is 0. The Morgan fingerprint density at radius 1 is 1.62 bits per heavy atom. The first-order valence-corrected chi connectivity index (χ1v) is 5.07. The van der Waals surface area contributed by atoms with Gasteiger partial charge in [0, 0.05) is 5.56 Å². The minimum atomic E-state index is -0.211.